The molecule has 110 valence electrons. The summed E-state index contributed by atoms with van der Waals surface area (Å²) in [5.41, 5.74) is 1.24. The van der Waals surface area contributed by atoms with Crippen LogP contribution in [0.25, 0.3) is 0 Å². The zero-order valence-corrected chi connectivity index (χ0v) is 12.3. The zero-order valence-electron chi connectivity index (χ0n) is 12.3. The van der Waals surface area contributed by atoms with Crippen LogP contribution in [0.15, 0.2) is 30.3 Å². The number of hydrogen-bond acceptors (Lipinski definition) is 2. The first kappa shape index (κ1) is 14.9. The fraction of sp³-hybridized carbons (Fsp3) is 0.562. The zero-order chi connectivity index (χ0) is 14.4. The molecular formula is C16H24N2O2. The second kappa shape index (κ2) is 7.29. The predicted octanol–water partition coefficient (Wildman–Crippen LogP) is 2.66. The fourth-order valence-electron chi connectivity index (χ4n) is 2.44. The van der Waals surface area contributed by atoms with E-state index in [1.807, 2.05) is 25.1 Å². The van der Waals surface area contributed by atoms with E-state index < -0.39 is 0 Å². The molecule has 2 N–H and O–H groups in total. The average molecular weight is 276 g/mol. The van der Waals surface area contributed by atoms with Crippen LogP contribution in [0.4, 0.5) is 4.79 Å². The van der Waals surface area contributed by atoms with Crippen LogP contribution in [0, 0.1) is 0 Å². The van der Waals surface area contributed by atoms with E-state index in [1.165, 1.54) is 5.56 Å². The Morgan fingerprint density at radius 1 is 1.35 bits per heavy atom. The van der Waals surface area contributed by atoms with Gasteiger partial charge in [-0.15, -0.1) is 0 Å². The summed E-state index contributed by atoms with van der Waals surface area (Å²) < 4.78 is 5.48. The van der Waals surface area contributed by atoms with Gasteiger partial charge >= 0.3 is 6.03 Å². The first-order valence-corrected chi connectivity index (χ1v) is 7.37. The Morgan fingerprint density at radius 3 is 2.75 bits per heavy atom. The van der Waals surface area contributed by atoms with Gasteiger partial charge in [0.25, 0.3) is 0 Å². The molecule has 0 aromatic heterocycles. The molecule has 0 unspecified atom stereocenters. The minimum absolute atomic E-state index is 0.0851. The van der Waals surface area contributed by atoms with Crippen molar-refractivity contribution in [3.05, 3.63) is 35.9 Å². The topological polar surface area (TPSA) is 50.4 Å². The second-order valence-electron chi connectivity index (χ2n) is 5.48. The SMILES string of the molecule is C[C@H](NC(=O)NC[C@@H]1CCCO1)[C@@H](C)c1ccccc1. The summed E-state index contributed by atoms with van der Waals surface area (Å²) in [5, 5.41) is 5.88. The Kier molecular flexibility index (Phi) is 5.41. The summed E-state index contributed by atoms with van der Waals surface area (Å²) >= 11 is 0. The van der Waals surface area contributed by atoms with Gasteiger partial charge in [0, 0.05) is 25.1 Å². The molecule has 1 heterocycles. The minimum atomic E-state index is -0.115. The second-order valence-corrected chi connectivity index (χ2v) is 5.48. The van der Waals surface area contributed by atoms with Gasteiger partial charge in [0.2, 0.25) is 0 Å². The van der Waals surface area contributed by atoms with Crippen molar-refractivity contribution >= 4 is 6.03 Å². The summed E-state index contributed by atoms with van der Waals surface area (Å²) in [5.74, 6) is 0.282. The third-order valence-corrected chi connectivity index (χ3v) is 3.95. The van der Waals surface area contributed by atoms with Crippen molar-refractivity contribution in [3.63, 3.8) is 0 Å². The number of urea groups is 1. The summed E-state index contributed by atoms with van der Waals surface area (Å²) in [4.78, 5) is 11.9. The van der Waals surface area contributed by atoms with Gasteiger partial charge in [-0.25, -0.2) is 4.79 Å². The van der Waals surface area contributed by atoms with Crippen LogP contribution in [0.1, 0.15) is 38.2 Å². The van der Waals surface area contributed by atoms with Gasteiger partial charge in [-0.2, -0.15) is 0 Å². The van der Waals surface area contributed by atoms with Gasteiger partial charge in [0.1, 0.15) is 0 Å². The van der Waals surface area contributed by atoms with Crippen LogP contribution in [-0.2, 0) is 4.74 Å². The standard InChI is InChI=1S/C16H24N2O2/c1-12(14-7-4-3-5-8-14)13(2)18-16(19)17-11-15-9-6-10-20-15/h3-5,7-8,12-13,15H,6,9-11H2,1-2H3,(H2,17,18,19)/t12-,13+,15+/m1/s1. The monoisotopic (exact) mass is 276 g/mol. The van der Waals surface area contributed by atoms with Crippen molar-refractivity contribution in [1.29, 1.82) is 0 Å². The lowest BCUT2D eigenvalue weighted by molar-refractivity contribution is 0.111. The molecule has 3 atom stereocenters. The number of carbonyl (C=O) groups excluding carboxylic acids is 1. The number of ether oxygens (including phenoxy) is 1. The molecule has 0 saturated carbocycles. The first-order valence-electron chi connectivity index (χ1n) is 7.37. The quantitative estimate of drug-likeness (QED) is 0.868. The van der Waals surface area contributed by atoms with Gasteiger partial charge < -0.3 is 15.4 Å². The molecule has 1 aromatic carbocycles. The average Bonchev–Trinajstić information content (AvgIpc) is 2.98. The molecule has 4 nitrogen and oxygen atoms in total. The number of hydrogen-bond donors (Lipinski definition) is 2. The summed E-state index contributed by atoms with van der Waals surface area (Å²) in [6.07, 6.45) is 2.31. The molecule has 0 radical (unpaired) electrons. The van der Waals surface area contributed by atoms with Crippen molar-refractivity contribution in [2.24, 2.45) is 0 Å². The number of amides is 2. The molecule has 1 aliphatic rings. The van der Waals surface area contributed by atoms with E-state index in [4.69, 9.17) is 4.74 Å². The Hall–Kier alpha value is -1.55. The maximum atomic E-state index is 11.9. The fourth-order valence-corrected chi connectivity index (χ4v) is 2.44. The van der Waals surface area contributed by atoms with Crippen molar-refractivity contribution < 1.29 is 9.53 Å². The van der Waals surface area contributed by atoms with Crippen molar-refractivity contribution in [2.75, 3.05) is 13.2 Å². The molecule has 2 amide bonds. The van der Waals surface area contributed by atoms with E-state index in [1.54, 1.807) is 0 Å². The van der Waals surface area contributed by atoms with Gasteiger partial charge in [0.05, 0.1) is 6.10 Å². The van der Waals surface area contributed by atoms with Gasteiger partial charge in [0.15, 0.2) is 0 Å². The van der Waals surface area contributed by atoms with Crippen LogP contribution in [0.2, 0.25) is 0 Å². The lowest BCUT2D eigenvalue weighted by Crippen LogP contribution is -2.45. The third kappa shape index (κ3) is 4.23. The number of benzene rings is 1. The molecule has 1 saturated heterocycles. The van der Waals surface area contributed by atoms with Gasteiger partial charge in [-0.3, -0.25) is 0 Å². The van der Waals surface area contributed by atoms with Crippen molar-refractivity contribution in [1.82, 2.24) is 10.6 Å². The highest BCUT2D eigenvalue weighted by Crippen LogP contribution is 2.18. The third-order valence-electron chi connectivity index (χ3n) is 3.95. The Balaban J connectivity index is 1.75. The highest BCUT2D eigenvalue weighted by molar-refractivity contribution is 5.74. The Morgan fingerprint density at radius 2 is 2.10 bits per heavy atom. The molecule has 4 heteroatoms. The maximum Gasteiger partial charge on any atom is 0.315 e. The molecule has 1 aliphatic heterocycles. The van der Waals surface area contributed by atoms with Gasteiger partial charge in [-0.05, 0) is 25.3 Å². The maximum absolute atomic E-state index is 11.9. The minimum Gasteiger partial charge on any atom is -0.376 e. The Labute approximate surface area is 120 Å². The Bertz CT molecular complexity index is 416. The summed E-state index contributed by atoms with van der Waals surface area (Å²) in [7, 11) is 0. The van der Waals surface area contributed by atoms with Crippen LogP contribution in [-0.4, -0.2) is 31.3 Å². The van der Waals surface area contributed by atoms with Crippen LogP contribution < -0.4 is 10.6 Å². The van der Waals surface area contributed by atoms with Crippen molar-refractivity contribution in [2.45, 2.75) is 44.8 Å². The number of rotatable bonds is 5. The lowest BCUT2D eigenvalue weighted by atomic mass is 9.95. The van der Waals surface area contributed by atoms with E-state index in [9.17, 15) is 4.79 Å². The van der Waals surface area contributed by atoms with E-state index in [-0.39, 0.29) is 24.1 Å². The molecule has 0 bridgehead atoms. The number of carbonyl (C=O) groups is 1. The summed E-state index contributed by atoms with van der Waals surface area (Å²) in [6, 6.07) is 10.2. The van der Waals surface area contributed by atoms with Gasteiger partial charge in [-0.1, -0.05) is 37.3 Å². The molecule has 2 rings (SSSR count). The summed E-state index contributed by atoms with van der Waals surface area (Å²) in [6.45, 7) is 5.57. The largest absolute Gasteiger partial charge is 0.376 e. The van der Waals surface area contributed by atoms with Crippen molar-refractivity contribution in [3.8, 4) is 0 Å². The highest BCUT2D eigenvalue weighted by Gasteiger charge is 2.19. The molecular weight excluding hydrogens is 252 g/mol. The van der Waals surface area contributed by atoms with Crippen LogP contribution in [0.3, 0.4) is 0 Å². The molecule has 0 aliphatic carbocycles. The van der Waals surface area contributed by atoms with E-state index in [0.29, 0.717) is 6.54 Å². The van der Waals surface area contributed by atoms with E-state index in [2.05, 4.69) is 29.7 Å². The smallest absolute Gasteiger partial charge is 0.315 e. The highest BCUT2D eigenvalue weighted by atomic mass is 16.5. The molecule has 1 aromatic rings. The first-order chi connectivity index (χ1) is 9.66. The molecule has 20 heavy (non-hydrogen) atoms. The van der Waals surface area contributed by atoms with Crippen LogP contribution in [0.5, 0.6) is 0 Å². The van der Waals surface area contributed by atoms with E-state index in [0.717, 1.165) is 19.4 Å². The molecule has 1 fully saturated rings. The number of nitrogens with one attached hydrogen (secondary N) is 2. The molecule has 0 spiro atoms. The predicted molar refractivity (Wildman–Crippen MR) is 79.8 cm³/mol. The van der Waals surface area contributed by atoms with E-state index >= 15 is 0 Å². The lowest BCUT2D eigenvalue weighted by Gasteiger charge is -2.22. The normalized spacial score (nSPS) is 21.2. The van der Waals surface area contributed by atoms with Crippen LogP contribution >= 0.6 is 0 Å².